The Balaban J connectivity index is 1.36. The molecular formula is C44H61ClN6O8S. The molecule has 6 N–H and O–H groups in total. The van der Waals surface area contributed by atoms with Crippen molar-refractivity contribution in [2.24, 2.45) is 11.1 Å². The average molecular weight is 870 g/mol. The summed E-state index contributed by atoms with van der Waals surface area (Å²) in [4.78, 5) is 72.0. The zero-order chi connectivity index (χ0) is 44.5. The Hall–Kier alpha value is -4.73. The van der Waals surface area contributed by atoms with Crippen LogP contribution in [0.5, 0.6) is 5.75 Å². The van der Waals surface area contributed by atoms with Gasteiger partial charge in [-0.15, -0.1) is 11.3 Å². The first-order valence-corrected chi connectivity index (χ1v) is 21.6. The highest BCUT2D eigenvalue weighted by Crippen LogP contribution is 2.33. The van der Waals surface area contributed by atoms with Crippen molar-refractivity contribution < 1.29 is 38.6 Å². The van der Waals surface area contributed by atoms with Crippen molar-refractivity contribution in [2.75, 3.05) is 13.2 Å². The van der Waals surface area contributed by atoms with Crippen LogP contribution in [-0.4, -0.2) is 87.7 Å². The number of carbonyl (C=O) groups excluding carboxylic acids is 5. The van der Waals surface area contributed by atoms with E-state index in [0.29, 0.717) is 23.6 Å². The van der Waals surface area contributed by atoms with Crippen molar-refractivity contribution in [3.8, 4) is 16.2 Å². The van der Waals surface area contributed by atoms with Gasteiger partial charge in [0.2, 0.25) is 23.6 Å². The van der Waals surface area contributed by atoms with Crippen molar-refractivity contribution in [1.29, 1.82) is 0 Å². The summed E-state index contributed by atoms with van der Waals surface area (Å²) in [6.45, 7) is 16.4. The first-order valence-electron chi connectivity index (χ1n) is 20.3. The van der Waals surface area contributed by atoms with E-state index in [0.717, 1.165) is 32.8 Å². The standard InChI is InChI=1S/C44H61ClN6O8S/c1-25-19-30(37(45)34(20-25)58-23-31(17-18-35(46)53)49-42(57)59-44(7,8)9)11-10-12-36(54)50-39(43(4,5)6)41(56)51-22-32(52)21-33(51)40(55)48-26(2)28-13-15-29(16-14-28)38-27(3)47-24-60-38/h13-16,19-20,24,26,31-33,39,52H,10-12,17-18,21-23H2,1-9H3,(H2,46,53)(H,48,55)(H,49,57)(H,50,54)/t26-,31-,32+,33-,39+/m0/s1. The molecule has 1 saturated heterocycles. The van der Waals surface area contributed by atoms with Crippen LogP contribution in [0.4, 0.5) is 4.79 Å². The molecule has 1 fully saturated rings. The van der Waals surface area contributed by atoms with Gasteiger partial charge in [-0.25, -0.2) is 9.78 Å². The van der Waals surface area contributed by atoms with E-state index in [1.165, 1.54) is 4.90 Å². The van der Waals surface area contributed by atoms with Gasteiger partial charge in [0, 0.05) is 25.8 Å². The molecule has 0 saturated carbocycles. The second-order valence-electron chi connectivity index (χ2n) is 17.6. The zero-order valence-electron chi connectivity index (χ0n) is 36.1. The van der Waals surface area contributed by atoms with Crippen LogP contribution in [0.1, 0.15) is 109 Å². The Morgan fingerprint density at radius 2 is 1.70 bits per heavy atom. The van der Waals surface area contributed by atoms with Crippen LogP contribution in [0.25, 0.3) is 10.4 Å². The highest BCUT2D eigenvalue weighted by molar-refractivity contribution is 7.13. The molecule has 328 valence electrons. The highest BCUT2D eigenvalue weighted by Gasteiger charge is 2.44. The Bertz CT molecular complexity index is 1990. The smallest absolute Gasteiger partial charge is 0.407 e. The number of thiazole rings is 1. The average Bonchev–Trinajstić information content (AvgIpc) is 3.76. The number of carbonyl (C=O) groups is 5. The fraction of sp³-hybridized carbons (Fsp3) is 0.545. The SMILES string of the molecule is Cc1cc(CCCC(=O)N[C@H](C(=O)N2C[C@H](O)C[C@H]2C(=O)N[C@@H](C)c2ccc(-c3scnc3C)cc2)C(C)(C)C)c(Cl)c(OC[C@H](CCC(N)=O)NC(=O)OC(C)(C)C)c1. The van der Waals surface area contributed by atoms with Crippen molar-refractivity contribution in [2.45, 2.75) is 137 Å². The minimum atomic E-state index is -0.967. The van der Waals surface area contributed by atoms with E-state index in [4.69, 9.17) is 26.8 Å². The molecule has 1 aliphatic heterocycles. The number of halogens is 1. The van der Waals surface area contributed by atoms with Crippen LogP contribution < -0.4 is 26.4 Å². The molecular weight excluding hydrogens is 808 g/mol. The van der Waals surface area contributed by atoms with Crippen LogP contribution >= 0.6 is 22.9 Å². The van der Waals surface area contributed by atoms with Gasteiger partial charge >= 0.3 is 6.09 Å². The van der Waals surface area contributed by atoms with Crippen molar-refractivity contribution in [3.05, 3.63) is 69.3 Å². The summed E-state index contributed by atoms with van der Waals surface area (Å²) in [7, 11) is 0. The van der Waals surface area contributed by atoms with Gasteiger partial charge in [-0.3, -0.25) is 19.2 Å². The highest BCUT2D eigenvalue weighted by atomic mass is 35.5. The van der Waals surface area contributed by atoms with Gasteiger partial charge in [-0.2, -0.15) is 0 Å². The number of aliphatic hydroxyl groups is 1. The summed E-state index contributed by atoms with van der Waals surface area (Å²) in [5, 5.41) is 19.7. The van der Waals surface area contributed by atoms with Crippen LogP contribution in [0.15, 0.2) is 41.9 Å². The number of likely N-dealkylation sites (tertiary alicyclic amines) is 1. The molecule has 5 atom stereocenters. The third-order valence-corrected chi connectivity index (χ3v) is 11.5. The number of nitrogens with two attached hydrogens (primary N) is 1. The predicted molar refractivity (Wildman–Crippen MR) is 233 cm³/mol. The number of benzene rings is 2. The topological polar surface area (TPSA) is 202 Å². The molecule has 0 spiro atoms. The molecule has 0 bridgehead atoms. The normalized spacial score (nSPS) is 17.0. The van der Waals surface area contributed by atoms with Crippen LogP contribution in [0.2, 0.25) is 5.02 Å². The molecule has 5 amide bonds. The second-order valence-corrected chi connectivity index (χ2v) is 18.9. The lowest BCUT2D eigenvalue weighted by Crippen LogP contribution is -2.57. The Morgan fingerprint density at radius 3 is 2.30 bits per heavy atom. The van der Waals surface area contributed by atoms with E-state index < -0.39 is 53.2 Å². The fourth-order valence-electron chi connectivity index (χ4n) is 6.96. The minimum Gasteiger partial charge on any atom is -0.490 e. The number of ether oxygens (including phenoxy) is 2. The van der Waals surface area contributed by atoms with Gasteiger partial charge in [-0.1, -0.05) is 62.7 Å². The number of aryl methyl sites for hydroxylation is 3. The maximum Gasteiger partial charge on any atom is 0.407 e. The minimum absolute atomic E-state index is 0.00252. The van der Waals surface area contributed by atoms with Crippen molar-refractivity contribution in [1.82, 2.24) is 25.8 Å². The number of hydrogen-bond acceptors (Lipinski definition) is 10. The molecule has 0 aliphatic carbocycles. The number of alkyl carbamates (subject to hydrolysis) is 1. The quantitative estimate of drug-likeness (QED) is 0.103. The summed E-state index contributed by atoms with van der Waals surface area (Å²) in [6, 6.07) is 8.73. The third kappa shape index (κ3) is 13.9. The Morgan fingerprint density at radius 1 is 1.02 bits per heavy atom. The van der Waals surface area contributed by atoms with E-state index in [9.17, 15) is 29.1 Å². The fourth-order valence-corrected chi connectivity index (χ4v) is 8.03. The number of β-amino-alcohol motifs (C(OH)–C–C–N with tert-alkyl or cyclic N) is 1. The maximum absolute atomic E-state index is 14.2. The largest absolute Gasteiger partial charge is 0.490 e. The molecule has 0 radical (unpaired) electrons. The second kappa shape index (κ2) is 20.7. The Labute approximate surface area is 362 Å². The molecule has 1 aromatic heterocycles. The van der Waals surface area contributed by atoms with Crippen molar-refractivity contribution in [3.63, 3.8) is 0 Å². The number of aromatic nitrogens is 1. The van der Waals surface area contributed by atoms with Gasteiger partial charge in [0.15, 0.2) is 0 Å². The number of hydrogen-bond donors (Lipinski definition) is 5. The third-order valence-electron chi connectivity index (χ3n) is 10.1. The molecule has 1 aliphatic rings. The lowest BCUT2D eigenvalue weighted by Gasteiger charge is -2.35. The number of amides is 5. The number of aliphatic hydroxyl groups excluding tert-OH is 1. The number of nitrogens with one attached hydrogen (secondary N) is 3. The van der Waals surface area contributed by atoms with Gasteiger partial charge in [-0.05, 0) is 94.5 Å². The predicted octanol–water partition coefficient (Wildman–Crippen LogP) is 6.31. The number of rotatable bonds is 17. The first-order chi connectivity index (χ1) is 28.0. The summed E-state index contributed by atoms with van der Waals surface area (Å²) in [6.07, 6.45) is -0.304. The first kappa shape index (κ1) is 47.9. The van der Waals surface area contributed by atoms with Gasteiger partial charge < -0.3 is 41.2 Å². The van der Waals surface area contributed by atoms with Crippen LogP contribution in [0.3, 0.4) is 0 Å². The van der Waals surface area contributed by atoms with E-state index in [1.807, 2.05) is 77.4 Å². The van der Waals surface area contributed by atoms with Crippen molar-refractivity contribution >= 4 is 52.7 Å². The molecule has 16 heteroatoms. The van der Waals surface area contributed by atoms with E-state index in [-0.39, 0.29) is 56.7 Å². The summed E-state index contributed by atoms with van der Waals surface area (Å²) in [5.41, 5.74) is 10.2. The summed E-state index contributed by atoms with van der Waals surface area (Å²) < 4.78 is 11.4. The molecule has 0 unspecified atom stereocenters. The Kier molecular flexibility index (Phi) is 16.5. The van der Waals surface area contributed by atoms with E-state index in [1.54, 1.807) is 38.2 Å². The molecule has 3 aromatic rings. The summed E-state index contributed by atoms with van der Waals surface area (Å²) in [5.74, 6) is -1.31. The van der Waals surface area contributed by atoms with Gasteiger partial charge in [0.1, 0.15) is 30.0 Å². The van der Waals surface area contributed by atoms with Gasteiger partial charge in [0.25, 0.3) is 0 Å². The van der Waals surface area contributed by atoms with Crippen LogP contribution in [-0.2, 0) is 30.3 Å². The molecule has 60 heavy (non-hydrogen) atoms. The lowest BCUT2D eigenvalue weighted by molar-refractivity contribution is -0.144. The monoisotopic (exact) mass is 868 g/mol. The van der Waals surface area contributed by atoms with E-state index >= 15 is 0 Å². The number of nitrogens with zero attached hydrogens (tertiary/aromatic N) is 2. The zero-order valence-corrected chi connectivity index (χ0v) is 37.7. The molecule has 2 aromatic carbocycles. The molecule has 4 rings (SSSR count). The molecule has 2 heterocycles. The van der Waals surface area contributed by atoms with E-state index in [2.05, 4.69) is 20.9 Å². The lowest BCUT2D eigenvalue weighted by atomic mass is 9.85. The maximum atomic E-state index is 14.2. The molecule has 14 nitrogen and oxygen atoms in total. The summed E-state index contributed by atoms with van der Waals surface area (Å²) >= 11 is 8.36. The number of primary amides is 1. The van der Waals surface area contributed by atoms with Crippen LogP contribution in [0, 0.1) is 19.3 Å². The van der Waals surface area contributed by atoms with Gasteiger partial charge in [0.05, 0.1) is 39.3 Å².